The molecular formula is C26H25NO5. The Kier molecular flexibility index (Phi) is 6.35. The van der Waals surface area contributed by atoms with Gasteiger partial charge >= 0.3 is 6.09 Å². The summed E-state index contributed by atoms with van der Waals surface area (Å²) < 4.78 is 5.44. The maximum Gasteiger partial charge on any atom is 0.407 e. The van der Waals surface area contributed by atoms with E-state index in [-0.39, 0.29) is 24.9 Å². The lowest BCUT2D eigenvalue weighted by Crippen LogP contribution is -2.36. The molecule has 164 valence electrons. The van der Waals surface area contributed by atoms with Gasteiger partial charge in [0.25, 0.3) is 0 Å². The summed E-state index contributed by atoms with van der Waals surface area (Å²) in [6.45, 7) is 1.45. The van der Waals surface area contributed by atoms with Crippen molar-refractivity contribution in [2.75, 3.05) is 13.2 Å². The molecule has 0 radical (unpaired) electrons. The fraction of sp³-hybridized carbons (Fsp3) is 0.231. The number of alkyl carbamates (subject to hydrolysis) is 1. The third kappa shape index (κ3) is 4.42. The van der Waals surface area contributed by atoms with Crippen molar-refractivity contribution in [1.82, 2.24) is 5.32 Å². The molecule has 0 saturated heterocycles. The molecule has 0 spiro atoms. The van der Waals surface area contributed by atoms with Gasteiger partial charge in [0, 0.05) is 18.0 Å². The summed E-state index contributed by atoms with van der Waals surface area (Å²) in [6.07, 6.45) is -3.09. The molecule has 1 amide bonds. The lowest BCUT2D eigenvalue weighted by atomic mass is 9.98. The third-order valence-electron chi connectivity index (χ3n) is 5.82. The first-order valence-electron chi connectivity index (χ1n) is 10.5. The van der Waals surface area contributed by atoms with Crippen molar-refractivity contribution >= 4 is 11.9 Å². The average molecular weight is 431 g/mol. The van der Waals surface area contributed by atoms with Gasteiger partial charge in [-0.05, 0) is 34.7 Å². The lowest BCUT2D eigenvalue weighted by molar-refractivity contribution is 0.0185. The Morgan fingerprint density at radius 2 is 1.47 bits per heavy atom. The van der Waals surface area contributed by atoms with Crippen molar-refractivity contribution in [3.05, 3.63) is 95.1 Å². The van der Waals surface area contributed by atoms with Crippen molar-refractivity contribution in [3.8, 4) is 11.1 Å². The molecule has 0 saturated carbocycles. The highest BCUT2D eigenvalue weighted by Gasteiger charge is 2.29. The highest BCUT2D eigenvalue weighted by Crippen LogP contribution is 2.44. The number of benzene rings is 3. The molecule has 6 heteroatoms. The van der Waals surface area contributed by atoms with E-state index in [1.807, 2.05) is 36.4 Å². The minimum absolute atomic E-state index is 0.0524. The zero-order valence-corrected chi connectivity index (χ0v) is 17.7. The zero-order valence-electron chi connectivity index (χ0n) is 17.7. The van der Waals surface area contributed by atoms with Crippen molar-refractivity contribution in [2.24, 2.45) is 0 Å². The first kappa shape index (κ1) is 21.7. The van der Waals surface area contributed by atoms with E-state index < -0.39 is 18.3 Å². The number of ketones is 1. The number of Topliss-reactive ketones (excluding diaryl/α,β-unsaturated/α-hetero) is 1. The number of hydrogen-bond acceptors (Lipinski definition) is 5. The molecular weight excluding hydrogens is 406 g/mol. The van der Waals surface area contributed by atoms with Gasteiger partial charge in [-0.2, -0.15) is 0 Å². The monoisotopic (exact) mass is 431 g/mol. The summed E-state index contributed by atoms with van der Waals surface area (Å²) in [5.74, 6) is -0.132. The normalized spacial score (nSPS) is 14.2. The Hall–Kier alpha value is -3.48. The van der Waals surface area contributed by atoms with Crippen molar-refractivity contribution < 1.29 is 24.5 Å². The Morgan fingerprint density at radius 3 is 2.03 bits per heavy atom. The second-order valence-corrected chi connectivity index (χ2v) is 7.90. The quantitative estimate of drug-likeness (QED) is 0.494. The van der Waals surface area contributed by atoms with Crippen LogP contribution in [0.4, 0.5) is 4.79 Å². The van der Waals surface area contributed by atoms with E-state index in [2.05, 4.69) is 17.4 Å². The fourth-order valence-corrected chi connectivity index (χ4v) is 4.09. The molecule has 4 rings (SSSR count). The van der Waals surface area contributed by atoms with E-state index in [9.17, 15) is 19.8 Å². The van der Waals surface area contributed by atoms with Crippen LogP contribution in [0.3, 0.4) is 0 Å². The molecule has 3 N–H and O–H groups in total. The topological polar surface area (TPSA) is 95.9 Å². The number of carbonyl (C=O) groups is 2. The van der Waals surface area contributed by atoms with Gasteiger partial charge < -0.3 is 20.3 Å². The third-order valence-corrected chi connectivity index (χ3v) is 5.82. The number of carbonyl (C=O) groups excluding carboxylic acids is 2. The van der Waals surface area contributed by atoms with Gasteiger partial charge in [-0.15, -0.1) is 0 Å². The van der Waals surface area contributed by atoms with Gasteiger partial charge in [0.15, 0.2) is 5.78 Å². The van der Waals surface area contributed by atoms with Crippen LogP contribution >= 0.6 is 0 Å². The maximum absolute atomic E-state index is 12.2. The number of nitrogens with one attached hydrogen (secondary N) is 1. The van der Waals surface area contributed by atoms with Crippen LogP contribution < -0.4 is 5.32 Å². The van der Waals surface area contributed by atoms with E-state index in [0.29, 0.717) is 11.1 Å². The molecule has 0 bridgehead atoms. The largest absolute Gasteiger partial charge is 0.449 e. The Balaban J connectivity index is 1.32. The van der Waals surface area contributed by atoms with Crippen LogP contribution in [0.5, 0.6) is 0 Å². The van der Waals surface area contributed by atoms with E-state index in [0.717, 1.165) is 22.3 Å². The molecule has 0 fully saturated rings. The highest BCUT2D eigenvalue weighted by atomic mass is 16.5. The minimum atomic E-state index is -1.22. The first-order chi connectivity index (χ1) is 15.5. The van der Waals surface area contributed by atoms with Crippen LogP contribution in [-0.2, 0) is 4.74 Å². The molecule has 32 heavy (non-hydrogen) atoms. The molecule has 2 unspecified atom stereocenters. The van der Waals surface area contributed by atoms with Gasteiger partial charge in [0.2, 0.25) is 0 Å². The van der Waals surface area contributed by atoms with Crippen LogP contribution in [-0.4, -0.2) is 41.3 Å². The summed E-state index contributed by atoms with van der Waals surface area (Å²) in [6, 6.07) is 22.5. The van der Waals surface area contributed by atoms with Crippen LogP contribution in [0.1, 0.15) is 46.0 Å². The molecule has 3 aromatic carbocycles. The van der Waals surface area contributed by atoms with Crippen LogP contribution in [0, 0.1) is 0 Å². The van der Waals surface area contributed by atoms with Crippen LogP contribution in [0.2, 0.25) is 0 Å². The minimum Gasteiger partial charge on any atom is -0.449 e. The van der Waals surface area contributed by atoms with E-state index in [4.69, 9.17) is 4.74 Å². The van der Waals surface area contributed by atoms with Gasteiger partial charge in [-0.25, -0.2) is 4.79 Å². The van der Waals surface area contributed by atoms with Crippen LogP contribution in [0.25, 0.3) is 11.1 Å². The standard InChI is InChI=1S/C26H25NO5/c1-16(28)17-10-12-18(13-11-17)25(30)24(29)14-27-26(31)32-15-23-21-8-4-2-6-19(21)20-7-3-5-9-22(20)23/h2-13,23-25,29-30H,14-15H2,1H3,(H,27,31). The Bertz CT molecular complexity index is 1080. The highest BCUT2D eigenvalue weighted by molar-refractivity contribution is 5.94. The SMILES string of the molecule is CC(=O)c1ccc(C(O)C(O)CNC(=O)OCC2c3ccccc3-c3ccccc32)cc1. The Morgan fingerprint density at radius 1 is 0.906 bits per heavy atom. The smallest absolute Gasteiger partial charge is 0.407 e. The summed E-state index contributed by atoms with van der Waals surface area (Å²) in [7, 11) is 0. The number of rotatable bonds is 7. The van der Waals surface area contributed by atoms with E-state index >= 15 is 0 Å². The number of amides is 1. The molecule has 0 aliphatic heterocycles. The molecule has 6 nitrogen and oxygen atoms in total. The first-order valence-corrected chi connectivity index (χ1v) is 10.5. The average Bonchev–Trinajstić information content (AvgIpc) is 3.14. The Labute approximate surface area is 186 Å². The van der Waals surface area contributed by atoms with Crippen molar-refractivity contribution in [1.29, 1.82) is 0 Å². The number of hydrogen-bond donors (Lipinski definition) is 3. The predicted molar refractivity (Wildman–Crippen MR) is 120 cm³/mol. The number of aliphatic hydroxyl groups excluding tert-OH is 2. The van der Waals surface area contributed by atoms with Gasteiger partial charge in [0.05, 0.1) is 0 Å². The van der Waals surface area contributed by atoms with Crippen molar-refractivity contribution in [3.63, 3.8) is 0 Å². The van der Waals surface area contributed by atoms with E-state index in [1.54, 1.807) is 24.3 Å². The maximum atomic E-state index is 12.2. The molecule has 0 aromatic heterocycles. The number of aliphatic hydroxyl groups is 2. The van der Waals surface area contributed by atoms with Crippen molar-refractivity contribution in [2.45, 2.75) is 25.0 Å². The molecule has 2 atom stereocenters. The summed E-state index contributed by atoms with van der Waals surface area (Å²) in [5.41, 5.74) is 5.50. The summed E-state index contributed by atoms with van der Waals surface area (Å²) in [5, 5.41) is 23.1. The fourth-order valence-electron chi connectivity index (χ4n) is 4.09. The van der Waals surface area contributed by atoms with Gasteiger partial charge in [-0.3, -0.25) is 4.79 Å². The molecule has 0 heterocycles. The lowest BCUT2D eigenvalue weighted by Gasteiger charge is -2.19. The molecule has 1 aliphatic rings. The molecule has 3 aromatic rings. The second kappa shape index (κ2) is 9.34. The zero-order chi connectivity index (χ0) is 22.7. The summed E-state index contributed by atoms with van der Waals surface area (Å²) in [4.78, 5) is 23.6. The van der Waals surface area contributed by atoms with Gasteiger partial charge in [-0.1, -0.05) is 72.8 Å². The number of ether oxygens (including phenoxy) is 1. The predicted octanol–water partition coefficient (Wildman–Crippen LogP) is 3.82. The van der Waals surface area contributed by atoms with E-state index in [1.165, 1.54) is 6.92 Å². The second-order valence-electron chi connectivity index (χ2n) is 7.90. The van der Waals surface area contributed by atoms with Crippen LogP contribution in [0.15, 0.2) is 72.8 Å². The van der Waals surface area contributed by atoms with Gasteiger partial charge in [0.1, 0.15) is 18.8 Å². The molecule has 1 aliphatic carbocycles. The summed E-state index contributed by atoms with van der Waals surface area (Å²) >= 11 is 0. The number of fused-ring (bicyclic) bond motifs is 3.